The van der Waals surface area contributed by atoms with Gasteiger partial charge >= 0.3 is 0 Å². The van der Waals surface area contributed by atoms with E-state index < -0.39 is 6.48 Å². The summed E-state index contributed by atoms with van der Waals surface area (Å²) in [5.74, 6) is 0. The minimum absolute atomic E-state index is 0.503. The molecule has 132 valence electrons. The van der Waals surface area contributed by atoms with E-state index in [1.807, 2.05) is 6.92 Å². The van der Waals surface area contributed by atoms with E-state index in [4.69, 9.17) is 14.2 Å². The van der Waals surface area contributed by atoms with Crippen LogP contribution in [0.5, 0.6) is 0 Å². The first kappa shape index (κ1) is 21.6. The molecule has 0 aliphatic heterocycles. The predicted molar refractivity (Wildman–Crippen MR) is 89.8 cm³/mol. The van der Waals surface area contributed by atoms with Gasteiger partial charge in [-0.05, 0) is 19.8 Å². The van der Waals surface area contributed by atoms with E-state index in [2.05, 4.69) is 0 Å². The Bertz CT molecular complexity index is 221. The topological polar surface area (TPSA) is 44.8 Å². The third kappa shape index (κ3) is 15.9. The Morgan fingerprint density at radius 3 is 1.73 bits per heavy atom. The zero-order chi connectivity index (χ0) is 16.3. The summed E-state index contributed by atoms with van der Waals surface area (Å²) in [6.45, 7) is 2.74. The third-order valence-corrected chi connectivity index (χ3v) is 3.72. The highest BCUT2D eigenvalue weighted by Gasteiger charge is 2.05. The molecule has 1 unspecified atom stereocenters. The van der Waals surface area contributed by atoms with Crippen LogP contribution in [0.4, 0.5) is 0 Å². The van der Waals surface area contributed by atoms with E-state index in [-0.39, 0.29) is 0 Å². The molecule has 0 bridgehead atoms. The van der Waals surface area contributed by atoms with E-state index in [9.17, 15) is 4.79 Å². The number of carbonyl (C=O) groups excluding carboxylic acids is 1. The minimum Gasteiger partial charge on any atom is -0.333 e. The molecule has 0 fully saturated rings. The molecule has 4 heteroatoms. The zero-order valence-corrected chi connectivity index (χ0v) is 14.7. The van der Waals surface area contributed by atoms with Gasteiger partial charge in [0.1, 0.15) is 6.29 Å². The molecular weight excluding hydrogens is 280 g/mol. The zero-order valence-electron chi connectivity index (χ0n) is 14.7. The molecule has 0 saturated heterocycles. The normalized spacial score (nSPS) is 12.5. The maximum absolute atomic E-state index is 10.2. The largest absolute Gasteiger partial charge is 0.333 e. The van der Waals surface area contributed by atoms with Gasteiger partial charge in [0.2, 0.25) is 0 Å². The standard InChI is InChI=1S/C18H36O4/c1-3-21-18(20-2)22-17-15-13-11-9-7-5-4-6-8-10-12-14-16-19/h16,18H,3-15,17H2,1-2H3. The number of carbonyl (C=O) groups is 1. The Hall–Kier alpha value is -0.450. The lowest BCUT2D eigenvalue weighted by Crippen LogP contribution is -2.19. The third-order valence-electron chi connectivity index (χ3n) is 3.72. The Morgan fingerprint density at radius 1 is 0.773 bits per heavy atom. The van der Waals surface area contributed by atoms with Gasteiger partial charge in [0, 0.05) is 20.1 Å². The molecule has 0 amide bonds. The molecule has 0 radical (unpaired) electrons. The number of rotatable bonds is 18. The fraction of sp³-hybridized carbons (Fsp3) is 0.944. The molecule has 0 aliphatic carbocycles. The second kappa shape index (κ2) is 18.6. The fourth-order valence-electron chi connectivity index (χ4n) is 2.42. The SMILES string of the molecule is CCOC(OC)OCCCCCCCCCCCCCC=O. The first-order chi connectivity index (χ1) is 10.8. The molecule has 1 atom stereocenters. The lowest BCUT2D eigenvalue weighted by Gasteiger charge is -2.15. The highest BCUT2D eigenvalue weighted by Crippen LogP contribution is 2.12. The summed E-state index contributed by atoms with van der Waals surface area (Å²) in [7, 11) is 1.60. The van der Waals surface area contributed by atoms with E-state index in [0.29, 0.717) is 13.2 Å². The van der Waals surface area contributed by atoms with Gasteiger partial charge < -0.3 is 19.0 Å². The molecular formula is C18H36O4. The number of hydrogen-bond donors (Lipinski definition) is 0. The van der Waals surface area contributed by atoms with Crippen LogP contribution in [0.25, 0.3) is 0 Å². The lowest BCUT2D eigenvalue weighted by atomic mass is 10.1. The predicted octanol–water partition coefficient (Wildman–Crippen LogP) is 4.85. The quantitative estimate of drug-likeness (QED) is 0.206. The number of methoxy groups -OCH3 is 1. The highest BCUT2D eigenvalue weighted by atomic mass is 16.8. The van der Waals surface area contributed by atoms with Crippen LogP contribution >= 0.6 is 0 Å². The summed E-state index contributed by atoms with van der Waals surface area (Å²) in [6.07, 6.45) is 15.6. The molecule has 22 heavy (non-hydrogen) atoms. The summed E-state index contributed by atoms with van der Waals surface area (Å²) in [5, 5.41) is 0. The Kier molecular flexibility index (Phi) is 18.2. The maximum atomic E-state index is 10.2. The highest BCUT2D eigenvalue weighted by molar-refractivity contribution is 5.48. The molecule has 4 nitrogen and oxygen atoms in total. The first-order valence-corrected chi connectivity index (χ1v) is 9.04. The average molecular weight is 316 g/mol. The van der Waals surface area contributed by atoms with Crippen LogP contribution in [-0.2, 0) is 19.0 Å². The van der Waals surface area contributed by atoms with Crippen LogP contribution in [0.15, 0.2) is 0 Å². The van der Waals surface area contributed by atoms with Crippen molar-refractivity contribution in [2.45, 2.75) is 90.4 Å². The first-order valence-electron chi connectivity index (χ1n) is 9.04. The molecule has 0 aliphatic rings. The Morgan fingerprint density at radius 2 is 1.27 bits per heavy atom. The Labute approximate surface area is 136 Å². The lowest BCUT2D eigenvalue weighted by molar-refractivity contribution is -0.275. The van der Waals surface area contributed by atoms with E-state index in [1.54, 1.807) is 7.11 Å². The number of ether oxygens (including phenoxy) is 3. The van der Waals surface area contributed by atoms with Crippen molar-refractivity contribution in [2.24, 2.45) is 0 Å². The van der Waals surface area contributed by atoms with E-state index in [1.165, 1.54) is 57.8 Å². The molecule has 0 aromatic heterocycles. The van der Waals surface area contributed by atoms with E-state index >= 15 is 0 Å². The van der Waals surface area contributed by atoms with Crippen LogP contribution in [0, 0.1) is 0 Å². The van der Waals surface area contributed by atoms with Crippen LogP contribution in [0.2, 0.25) is 0 Å². The van der Waals surface area contributed by atoms with Crippen molar-refractivity contribution in [2.75, 3.05) is 20.3 Å². The molecule has 0 aromatic rings. The maximum Gasteiger partial charge on any atom is 0.271 e. The van der Waals surface area contributed by atoms with Gasteiger partial charge in [0.15, 0.2) is 0 Å². The van der Waals surface area contributed by atoms with Gasteiger partial charge in [-0.15, -0.1) is 0 Å². The number of hydrogen-bond acceptors (Lipinski definition) is 4. The molecule has 0 heterocycles. The van der Waals surface area contributed by atoms with Gasteiger partial charge in [-0.25, -0.2) is 0 Å². The smallest absolute Gasteiger partial charge is 0.271 e. The number of unbranched alkanes of at least 4 members (excludes halogenated alkanes) is 11. The van der Waals surface area contributed by atoms with Crippen LogP contribution in [-0.4, -0.2) is 33.1 Å². The minimum atomic E-state index is -0.503. The van der Waals surface area contributed by atoms with Crippen molar-refractivity contribution < 1.29 is 19.0 Å². The molecule has 0 N–H and O–H groups in total. The fourth-order valence-corrected chi connectivity index (χ4v) is 2.42. The van der Waals surface area contributed by atoms with Gasteiger partial charge in [-0.3, -0.25) is 0 Å². The summed E-state index contributed by atoms with van der Waals surface area (Å²) in [4.78, 5) is 10.2. The summed E-state index contributed by atoms with van der Waals surface area (Å²) < 4.78 is 15.8. The average Bonchev–Trinajstić information content (AvgIpc) is 2.54. The second-order valence-electron chi connectivity index (χ2n) is 5.69. The summed E-state index contributed by atoms with van der Waals surface area (Å²) in [6, 6.07) is 0. The van der Waals surface area contributed by atoms with Crippen molar-refractivity contribution in [3.8, 4) is 0 Å². The van der Waals surface area contributed by atoms with Gasteiger partial charge in [-0.1, -0.05) is 57.8 Å². The van der Waals surface area contributed by atoms with Gasteiger partial charge in [0.25, 0.3) is 6.48 Å². The van der Waals surface area contributed by atoms with Crippen LogP contribution in [0.3, 0.4) is 0 Å². The summed E-state index contributed by atoms with van der Waals surface area (Å²) >= 11 is 0. The monoisotopic (exact) mass is 316 g/mol. The van der Waals surface area contributed by atoms with Crippen molar-refractivity contribution in [1.29, 1.82) is 0 Å². The Balaban J connectivity index is 3.09. The molecule has 0 aromatic carbocycles. The number of aldehydes is 1. The molecule has 0 saturated carbocycles. The van der Waals surface area contributed by atoms with Crippen molar-refractivity contribution >= 4 is 6.29 Å². The van der Waals surface area contributed by atoms with Crippen LogP contribution in [0.1, 0.15) is 84.0 Å². The van der Waals surface area contributed by atoms with E-state index in [0.717, 1.165) is 25.5 Å². The molecule has 0 spiro atoms. The van der Waals surface area contributed by atoms with Gasteiger partial charge in [0.05, 0.1) is 6.61 Å². The second-order valence-corrected chi connectivity index (χ2v) is 5.69. The van der Waals surface area contributed by atoms with Crippen LogP contribution < -0.4 is 0 Å². The summed E-state index contributed by atoms with van der Waals surface area (Å²) in [5.41, 5.74) is 0. The van der Waals surface area contributed by atoms with Crippen molar-refractivity contribution in [1.82, 2.24) is 0 Å². The van der Waals surface area contributed by atoms with Gasteiger partial charge in [-0.2, -0.15) is 0 Å². The molecule has 0 rings (SSSR count). The van der Waals surface area contributed by atoms with Crippen molar-refractivity contribution in [3.05, 3.63) is 0 Å². The van der Waals surface area contributed by atoms with Crippen molar-refractivity contribution in [3.63, 3.8) is 0 Å².